The monoisotopic (exact) mass is 303 g/mol. The number of carbonyl (C=O) groups is 1. The molecule has 22 heavy (non-hydrogen) atoms. The van der Waals surface area contributed by atoms with Crippen LogP contribution in [0.5, 0.6) is 0 Å². The van der Waals surface area contributed by atoms with Gasteiger partial charge in [-0.3, -0.25) is 4.79 Å². The van der Waals surface area contributed by atoms with E-state index in [1.807, 2.05) is 32.0 Å². The van der Waals surface area contributed by atoms with Crippen LogP contribution in [0.25, 0.3) is 0 Å². The Morgan fingerprint density at radius 3 is 2.86 bits per heavy atom. The highest BCUT2D eigenvalue weighted by atomic mass is 16.5. The van der Waals surface area contributed by atoms with Crippen LogP contribution in [0.2, 0.25) is 0 Å². The predicted molar refractivity (Wildman–Crippen MR) is 80.6 cm³/mol. The van der Waals surface area contributed by atoms with Gasteiger partial charge in [0.15, 0.2) is 5.76 Å². The zero-order chi connectivity index (χ0) is 15.5. The second-order valence-corrected chi connectivity index (χ2v) is 5.77. The van der Waals surface area contributed by atoms with Crippen molar-refractivity contribution in [1.29, 1.82) is 0 Å². The number of furan rings is 2. The zero-order valence-electron chi connectivity index (χ0n) is 13.0. The summed E-state index contributed by atoms with van der Waals surface area (Å²) in [6.07, 6.45) is 3.74. The minimum atomic E-state index is -0.113. The average molecular weight is 303 g/mol. The van der Waals surface area contributed by atoms with Crippen LogP contribution in [0, 0.1) is 13.8 Å². The lowest BCUT2D eigenvalue weighted by Gasteiger charge is -2.24. The van der Waals surface area contributed by atoms with Gasteiger partial charge in [0.2, 0.25) is 0 Å². The van der Waals surface area contributed by atoms with Crippen molar-refractivity contribution < 1.29 is 18.4 Å². The number of hydrogen-bond acceptors (Lipinski definition) is 4. The molecule has 2 aromatic rings. The highest BCUT2D eigenvalue weighted by molar-refractivity contribution is 5.93. The van der Waals surface area contributed by atoms with E-state index in [1.54, 1.807) is 11.2 Å². The van der Waals surface area contributed by atoms with Crippen molar-refractivity contribution in [3.8, 4) is 0 Å². The maximum atomic E-state index is 12.8. The Bertz CT molecular complexity index is 623. The highest BCUT2D eigenvalue weighted by Crippen LogP contribution is 2.20. The Labute approximate surface area is 129 Å². The molecular weight excluding hydrogens is 282 g/mol. The fourth-order valence-corrected chi connectivity index (χ4v) is 2.84. The van der Waals surface area contributed by atoms with Gasteiger partial charge in [0, 0.05) is 18.7 Å². The quantitative estimate of drug-likeness (QED) is 0.850. The van der Waals surface area contributed by atoms with Gasteiger partial charge in [-0.05, 0) is 44.9 Å². The summed E-state index contributed by atoms with van der Waals surface area (Å²) in [6.45, 7) is 5.48. The van der Waals surface area contributed by atoms with E-state index in [2.05, 4.69) is 0 Å². The van der Waals surface area contributed by atoms with Crippen LogP contribution in [-0.2, 0) is 11.3 Å². The van der Waals surface area contributed by atoms with Gasteiger partial charge in [-0.25, -0.2) is 0 Å². The van der Waals surface area contributed by atoms with Crippen LogP contribution >= 0.6 is 0 Å². The minimum Gasteiger partial charge on any atom is -0.467 e. The van der Waals surface area contributed by atoms with E-state index in [0.717, 1.165) is 36.5 Å². The molecule has 1 saturated heterocycles. The van der Waals surface area contributed by atoms with Crippen LogP contribution in [0.4, 0.5) is 0 Å². The summed E-state index contributed by atoms with van der Waals surface area (Å²) in [5.41, 5.74) is 0.860. The summed E-state index contributed by atoms with van der Waals surface area (Å²) in [6, 6.07) is 5.58. The number of carbonyl (C=O) groups excluding carboxylic acids is 1. The maximum absolute atomic E-state index is 12.8. The largest absolute Gasteiger partial charge is 0.467 e. The number of aryl methyl sites for hydroxylation is 2. The third kappa shape index (κ3) is 3.25. The molecule has 0 saturated carbocycles. The zero-order valence-corrected chi connectivity index (χ0v) is 13.0. The molecule has 0 bridgehead atoms. The Kier molecular flexibility index (Phi) is 4.34. The molecule has 2 aromatic heterocycles. The molecule has 1 aliphatic rings. The van der Waals surface area contributed by atoms with Crippen LogP contribution < -0.4 is 0 Å². The van der Waals surface area contributed by atoms with Crippen molar-refractivity contribution in [1.82, 2.24) is 4.90 Å². The first-order valence-electron chi connectivity index (χ1n) is 7.64. The van der Waals surface area contributed by atoms with E-state index < -0.39 is 0 Å². The van der Waals surface area contributed by atoms with E-state index in [0.29, 0.717) is 18.8 Å². The van der Waals surface area contributed by atoms with Gasteiger partial charge in [-0.2, -0.15) is 0 Å². The molecule has 1 atom stereocenters. The minimum absolute atomic E-state index is 0.0928. The first-order chi connectivity index (χ1) is 10.6. The SMILES string of the molecule is Cc1cc(C)c(C(=O)N(Cc2ccco2)CC2CCCO2)o1. The second-order valence-electron chi connectivity index (χ2n) is 5.77. The van der Waals surface area contributed by atoms with E-state index in [9.17, 15) is 4.79 Å². The average Bonchev–Trinajstić information content (AvgIpc) is 3.20. The fraction of sp³-hybridized carbons (Fsp3) is 0.471. The van der Waals surface area contributed by atoms with Crippen molar-refractivity contribution in [2.75, 3.05) is 13.2 Å². The number of hydrogen-bond donors (Lipinski definition) is 0. The van der Waals surface area contributed by atoms with E-state index >= 15 is 0 Å². The lowest BCUT2D eigenvalue weighted by Crippen LogP contribution is -2.37. The molecule has 1 unspecified atom stereocenters. The van der Waals surface area contributed by atoms with Crippen molar-refractivity contribution in [3.63, 3.8) is 0 Å². The Morgan fingerprint density at radius 1 is 1.41 bits per heavy atom. The van der Waals surface area contributed by atoms with Crippen molar-refractivity contribution in [3.05, 3.63) is 47.3 Å². The van der Waals surface area contributed by atoms with Gasteiger partial charge in [0.25, 0.3) is 5.91 Å². The first-order valence-corrected chi connectivity index (χ1v) is 7.64. The van der Waals surface area contributed by atoms with Gasteiger partial charge < -0.3 is 18.5 Å². The Balaban J connectivity index is 1.79. The first kappa shape index (κ1) is 14.9. The molecule has 1 fully saturated rings. The molecule has 0 radical (unpaired) electrons. The number of nitrogens with zero attached hydrogens (tertiary/aromatic N) is 1. The van der Waals surface area contributed by atoms with Crippen molar-refractivity contribution >= 4 is 5.91 Å². The molecule has 0 aliphatic carbocycles. The number of rotatable bonds is 5. The highest BCUT2D eigenvalue weighted by Gasteiger charge is 2.27. The third-order valence-corrected chi connectivity index (χ3v) is 3.90. The summed E-state index contributed by atoms with van der Waals surface area (Å²) in [7, 11) is 0. The van der Waals surface area contributed by atoms with Crippen LogP contribution in [0.15, 0.2) is 33.3 Å². The van der Waals surface area contributed by atoms with Crippen molar-refractivity contribution in [2.45, 2.75) is 39.3 Å². The molecule has 0 aromatic carbocycles. The fourth-order valence-electron chi connectivity index (χ4n) is 2.84. The van der Waals surface area contributed by atoms with Gasteiger partial charge in [-0.15, -0.1) is 0 Å². The lowest BCUT2D eigenvalue weighted by atomic mass is 10.2. The summed E-state index contributed by atoms with van der Waals surface area (Å²) in [5, 5.41) is 0. The standard InChI is InChI=1S/C17H21NO4/c1-12-9-13(2)22-16(12)17(19)18(10-14-5-3-7-20-14)11-15-6-4-8-21-15/h3,5,7,9,15H,4,6,8,10-11H2,1-2H3. The van der Waals surface area contributed by atoms with Crippen LogP contribution in [0.3, 0.4) is 0 Å². The summed E-state index contributed by atoms with van der Waals surface area (Å²) in [5.74, 6) is 1.79. The Morgan fingerprint density at radius 2 is 2.27 bits per heavy atom. The normalized spacial score (nSPS) is 17.8. The number of ether oxygens (including phenoxy) is 1. The lowest BCUT2D eigenvalue weighted by molar-refractivity contribution is 0.0466. The summed E-state index contributed by atoms with van der Waals surface area (Å²) in [4.78, 5) is 14.6. The molecule has 3 rings (SSSR count). The van der Waals surface area contributed by atoms with Gasteiger partial charge in [0.05, 0.1) is 18.9 Å². The molecule has 3 heterocycles. The van der Waals surface area contributed by atoms with Gasteiger partial charge >= 0.3 is 0 Å². The predicted octanol–water partition coefficient (Wildman–Crippen LogP) is 3.31. The van der Waals surface area contributed by atoms with E-state index in [-0.39, 0.29) is 12.0 Å². The molecular formula is C17H21NO4. The van der Waals surface area contributed by atoms with E-state index in [4.69, 9.17) is 13.6 Å². The molecule has 118 valence electrons. The molecule has 1 aliphatic heterocycles. The topological polar surface area (TPSA) is 55.8 Å². The molecule has 0 N–H and O–H groups in total. The Hall–Kier alpha value is -2.01. The summed E-state index contributed by atoms with van der Waals surface area (Å²) < 4.78 is 16.6. The maximum Gasteiger partial charge on any atom is 0.290 e. The van der Waals surface area contributed by atoms with Crippen LogP contribution in [-0.4, -0.2) is 30.1 Å². The molecule has 5 heteroatoms. The van der Waals surface area contributed by atoms with Crippen LogP contribution in [0.1, 0.15) is 40.5 Å². The van der Waals surface area contributed by atoms with Crippen molar-refractivity contribution in [2.24, 2.45) is 0 Å². The number of amides is 1. The van der Waals surface area contributed by atoms with E-state index in [1.165, 1.54) is 0 Å². The molecule has 1 amide bonds. The second kappa shape index (κ2) is 6.40. The van der Waals surface area contributed by atoms with Gasteiger partial charge in [-0.1, -0.05) is 0 Å². The molecule has 5 nitrogen and oxygen atoms in total. The molecule has 0 spiro atoms. The smallest absolute Gasteiger partial charge is 0.290 e. The summed E-state index contributed by atoms with van der Waals surface area (Å²) >= 11 is 0. The van der Waals surface area contributed by atoms with Gasteiger partial charge in [0.1, 0.15) is 11.5 Å². The third-order valence-electron chi connectivity index (χ3n) is 3.90.